The fourth-order valence-corrected chi connectivity index (χ4v) is 1.45. The molecule has 0 spiro atoms. The van der Waals surface area contributed by atoms with E-state index in [0.29, 0.717) is 10.9 Å². The van der Waals surface area contributed by atoms with Crippen molar-refractivity contribution in [3.63, 3.8) is 0 Å². The van der Waals surface area contributed by atoms with Crippen LogP contribution in [0.2, 0.25) is 5.15 Å². The monoisotopic (exact) mass is 240 g/mol. The molecule has 0 N–H and O–H groups in total. The zero-order valence-corrected chi connectivity index (χ0v) is 9.74. The number of carbonyl (C=O) groups is 1. The quantitative estimate of drug-likeness (QED) is 0.555. The molecule has 0 bridgehead atoms. The molecule has 7 heteroatoms. The van der Waals surface area contributed by atoms with Gasteiger partial charge >= 0.3 is 12.0 Å². The van der Waals surface area contributed by atoms with Gasteiger partial charge in [0.05, 0.1) is 0 Å². The van der Waals surface area contributed by atoms with Crippen molar-refractivity contribution < 1.29 is 9.53 Å². The van der Waals surface area contributed by atoms with Crippen LogP contribution in [0, 0.1) is 13.8 Å². The maximum absolute atomic E-state index is 10.7. The van der Waals surface area contributed by atoms with Crippen LogP contribution < -0.4 is 4.74 Å². The normalized spacial score (nSPS) is 10.8. The fourth-order valence-electron chi connectivity index (χ4n) is 1.20. The van der Waals surface area contributed by atoms with Gasteiger partial charge in [0.15, 0.2) is 0 Å². The van der Waals surface area contributed by atoms with Gasteiger partial charge in [-0.25, -0.2) is 4.98 Å². The van der Waals surface area contributed by atoms with E-state index < -0.39 is 5.97 Å². The molecular weight excluding hydrogens is 232 g/mol. The molecule has 0 radical (unpaired) electrons. The highest BCUT2D eigenvalue weighted by Crippen LogP contribution is 2.19. The Morgan fingerprint density at radius 3 is 2.69 bits per heavy atom. The van der Waals surface area contributed by atoms with Crippen molar-refractivity contribution in [3.8, 4) is 6.01 Å². The number of ether oxygens (including phenoxy) is 1. The lowest BCUT2D eigenvalue weighted by Crippen LogP contribution is -2.03. The van der Waals surface area contributed by atoms with Crippen molar-refractivity contribution in [1.29, 1.82) is 0 Å². The first-order valence-electron chi connectivity index (χ1n) is 4.57. The van der Waals surface area contributed by atoms with E-state index in [1.807, 2.05) is 13.8 Å². The summed E-state index contributed by atoms with van der Waals surface area (Å²) in [6.07, 6.45) is 0. The van der Waals surface area contributed by atoms with Crippen molar-refractivity contribution in [3.05, 3.63) is 16.4 Å². The standard InChI is InChI=1S/C9H9ClN4O2/c1-4-5(2)11-8-12-9(16-6(3)15)13-14(8)7(4)10/h1-3H3. The maximum Gasteiger partial charge on any atom is 0.345 e. The van der Waals surface area contributed by atoms with E-state index in [2.05, 4.69) is 15.1 Å². The molecule has 0 unspecified atom stereocenters. The van der Waals surface area contributed by atoms with Crippen molar-refractivity contribution in [2.24, 2.45) is 0 Å². The Morgan fingerprint density at radius 1 is 1.38 bits per heavy atom. The molecule has 0 aliphatic carbocycles. The third-order valence-electron chi connectivity index (χ3n) is 2.11. The molecule has 6 nitrogen and oxygen atoms in total. The SMILES string of the molecule is CC(=O)Oc1nc2nc(C)c(C)c(Cl)n2n1. The first kappa shape index (κ1) is 10.8. The second-order valence-corrected chi connectivity index (χ2v) is 3.67. The lowest BCUT2D eigenvalue weighted by molar-refractivity contribution is -0.132. The molecule has 0 saturated carbocycles. The highest BCUT2D eigenvalue weighted by molar-refractivity contribution is 6.30. The predicted octanol–water partition coefficient (Wildman–Crippen LogP) is 1.32. The molecule has 2 aromatic heterocycles. The van der Waals surface area contributed by atoms with Crippen LogP contribution >= 0.6 is 11.6 Å². The van der Waals surface area contributed by atoms with Gasteiger partial charge in [-0.3, -0.25) is 4.79 Å². The molecule has 0 aliphatic heterocycles. The number of aromatic nitrogens is 4. The van der Waals surface area contributed by atoms with Gasteiger partial charge in [0.1, 0.15) is 5.15 Å². The van der Waals surface area contributed by atoms with Gasteiger partial charge in [0.2, 0.25) is 0 Å². The summed E-state index contributed by atoms with van der Waals surface area (Å²) in [5.74, 6) is -0.176. The highest BCUT2D eigenvalue weighted by atomic mass is 35.5. The summed E-state index contributed by atoms with van der Waals surface area (Å²) in [5, 5.41) is 4.33. The van der Waals surface area contributed by atoms with Crippen LogP contribution in [0.5, 0.6) is 6.01 Å². The lowest BCUT2D eigenvalue weighted by Gasteiger charge is -2.01. The van der Waals surface area contributed by atoms with Gasteiger partial charge in [-0.15, -0.1) is 5.10 Å². The number of fused-ring (bicyclic) bond motifs is 1. The van der Waals surface area contributed by atoms with Crippen molar-refractivity contribution in [2.75, 3.05) is 0 Å². The van der Waals surface area contributed by atoms with Crippen LogP contribution in [0.3, 0.4) is 0 Å². The smallest absolute Gasteiger partial charge is 0.345 e. The largest absolute Gasteiger partial charge is 0.390 e. The molecule has 0 atom stereocenters. The number of rotatable bonds is 1. The molecule has 0 aliphatic rings. The zero-order chi connectivity index (χ0) is 11.9. The van der Waals surface area contributed by atoms with Crippen LogP contribution in [0.1, 0.15) is 18.2 Å². The Hall–Kier alpha value is -1.69. The first-order valence-corrected chi connectivity index (χ1v) is 4.94. The summed E-state index contributed by atoms with van der Waals surface area (Å²) in [6.45, 7) is 4.93. The summed E-state index contributed by atoms with van der Waals surface area (Å²) in [4.78, 5) is 18.9. The van der Waals surface area contributed by atoms with E-state index in [1.165, 1.54) is 11.4 Å². The van der Waals surface area contributed by atoms with Gasteiger partial charge in [0, 0.05) is 18.2 Å². The van der Waals surface area contributed by atoms with E-state index >= 15 is 0 Å². The van der Waals surface area contributed by atoms with Crippen LogP contribution in [0.25, 0.3) is 5.78 Å². The van der Waals surface area contributed by atoms with Crippen LogP contribution in [-0.2, 0) is 4.79 Å². The zero-order valence-electron chi connectivity index (χ0n) is 8.98. The van der Waals surface area contributed by atoms with Crippen molar-refractivity contribution in [2.45, 2.75) is 20.8 Å². The van der Waals surface area contributed by atoms with E-state index in [4.69, 9.17) is 16.3 Å². The molecule has 84 valence electrons. The van der Waals surface area contributed by atoms with Gasteiger partial charge < -0.3 is 4.74 Å². The molecular formula is C9H9ClN4O2. The Kier molecular flexibility index (Phi) is 2.51. The molecule has 0 fully saturated rings. The maximum atomic E-state index is 10.7. The number of esters is 1. The number of carbonyl (C=O) groups excluding carboxylic acids is 1. The van der Waals surface area contributed by atoms with E-state index in [1.54, 1.807) is 0 Å². The van der Waals surface area contributed by atoms with E-state index in [0.717, 1.165) is 11.3 Å². The van der Waals surface area contributed by atoms with Gasteiger partial charge in [-0.1, -0.05) is 11.6 Å². The molecule has 2 aromatic rings. The number of hydrogen-bond donors (Lipinski definition) is 0. The average Bonchev–Trinajstić information content (AvgIpc) is 2.56. The van der Waals surface area contributed by atoms with Crippen LogP contribution in [0.15, 0.2) is 0 Å². The summed E-state index contributed by atoms with van der Waals surface area (Å²) in [6, 6.07) is -0.0492. The topological polar surface area (TPSA) is 69.4 Å². The molecule has 2 rings (SSSR count). The Bertz CT molecular complexity index is 578. The fraction of sp³-hybridized carbons (Fsp3) is 0.333. The minimum Gasteiger partial charge on any atom is -0.390 e. The van der Waals surface area contributed by atoms with Crippen molar-refractivity contribution in [1.82, 2.24) is 19.6 Å². The number of hydrogen-bond acceptors (Lipinski definition) is 5. The summed E-state index contributed by atoms with van der Waals surface area (Å²) >= 11 is 6.06. The summed E-state index contributed by atoms with van der Waals surface area (Å²) in [7, 11) is 0. The van der Waals surface area contributed by atoms with E-state index in [9.17, 15) is 4.79 Å². The molecule has 2 heterocycles. The Labute approximate surface area is 96.2 Å². The minimum atomic E-state index is -0.486. The lowest BCUT2D eigenvalue weighted by atomic mass is 10.3. The number of halogens is 1. The first-order chi connectivity index (χ1) is 7.49. The Morgan fingerprint density at radius 2 is 2.06 bits per heavy atom. The van der Waals surface area contributed by atoms with Crippen LogP contribution in [-0.4, -0.2) is 25.6 Å². The molecule has 0 aromatic carbocycles. The third-order valence-corrected chi connectivity index (χ3v) is 2.56. The Balaban J connectivity index is 2.62. The summed E-state index contributed by atoms with van der Waals surface area (Å²) in [5.41, 5.74) is 1.58. The number of nitrogens with zero attached hydrogens (tertiary/aromatic N) is 4. The van der Waals surface area contributed by atoms with Gasteiger partial charge in [-0.2, -0.15) is 9.50 Å². The molecule has 0 amide bonds. The number of aryl methyl sites for hydroxylation is 1. The third kappa shape index (κ3) is 1.71. The van der Waals surface area contributed by atoms with Crippen molar-refractivity contribution >= 4 is 23.3 Å². The van der Waals surface area contributed by atoms with Crippen LogP contribution in [0.4, 0.5) is 0 Å². The van der Waals surface area contributed by atoms with E-state index in [-0.39, 0.29) is 6.01 Å². The second kappa shape index (κ2) is 3.71. The summed E-state index contributed by atoms with van der Waals surface area (Å²) < 4.78 is 6.09. The van der Waals surface area contributed by atoms with Gasteiger partial charge in [-0.05, 0) is 13.8 Å². The molecule has 0 saturated heterocycles. The second-order valence-electron chi connectivity index (χ2n) is 3.31. The highest BCUT2D eigenvalue weighted by Gasteiger charge is 2.13. The average molecular weight is 241 g/mol. The minimum absolute atomic E-state index is 0.0492. The predicted molar refractivity (Wildman–Crippen MR) is 56.6 cm³/mol. The molecule has 16 heavy (non-hydrogen) atoms. The van der Waals surface area contributed by atoms with Gasteiger partial charge in [0.25, 0.3) is 5.78 Å².